The summed E-state index contributed by atoms with van der Waals surface area (Å²) < 4.78 is 0. The van der Waals surface area contributed by atoms with Gasteiger partial charge in [-0.3, -0.25) is 4.79 Å². The number of likely N-dealkylation sites (tertiary alicyclic amines) is 2. The first-order chi connectivity index (χ1) is 9.58. The lowest BCUT2D eigenvalue weighted by molar-refractivity contribution is -0.137. The van der Waals surface area contributed by atoms with E-state index in [0.29, 0.717) is 11.5 Å². The monoisotopic (exact) mass is 290 g/mol. The van der Waals surface area contributed by atoms with E-state index in [9.17, 15) is 4.79 Å². The van der Waals surface area contributed by atoms with Crippen molar-refractivity contribution in [3.63, 3.8) is 0 Å². The van der Waals surface area contributed by atoms with Crippen molar-refractivity contribution in [3.8, 4) is 0 Å². The Balaban J connectivity index is 1.52. The number of carbonyl (C=O) groups excluding carboxylic acids is 1. The molecule has 1 spiro atoms. The van der Waals surface area contributed by atoms with Crippen molar-refractivity contribution in [2.45, 2.75) is 26.3 Å². The first-order valence-corrected chi connectivity index (χ1v) is 8.21. The van der Waals surface area contributed by atoms with Crippen LogP contribution in [-0.2, 0) is 4.79 Å². The SMILES string of the molecule is CC(C)N1CCC2(CN(C(=O)/C=C/c3cccs3)C2)C1. The number of hydrogen-bond donors (Lipinski definition) is 0. The van der Waals surface area contributed by atoms with Gasteiger partial charge in [0.15, 0.2) is 0 Å². The van der Waals surface area contributed by atoms with Crippen LogP contribution in [0.2, 0.25) is 0 Å². The molecule has 3 rings (SSSR count). The van der Waals surface area contributed by atoms with Crippen LogP contribution in [0.1, 0.15) is 25.1 Å². The maximum atomic E-state index is 12.1. The summed E-state index contributed by atoms with van der Waals surface area (Å²) >= 11 is 1.66. The standard InChI is InChI=1S/C16H22N2OS/c1-13(2)17-8-7-16(10-17)11-18(12-16)15(19)6-5-14-4-3-9-20-14/h3-6,9,13H,7-8,10-12H2,1-2H3/b6-5+. The lowest BCUT2D eigenvalue weighted by Crippen LogP contribution is -2.59. The van der Waals surface area contributed by atoms with E-state index in [1.807, 2.05) is 28.5 Å². The van der Waals surface area contributed by atoms with E-state index >= 15 is 0 Å². The summed E-state index contributed by atoms with van der Waals surface area (Å²) in [6.07, 6.45) is 4.88. The van der Waals surface area contributed by atoms with Crippen LogP contribution in [0.5, 0.6) is 0 Å². The first-order valence-electron chi connectivity index (χ1n) is 7.33. The maximum Gasteiger partial charge on any atom is 0.246 e. The molecule has 108 valence electrons. The van der Waals surface area contributed by atoms with Crippen LogP contribution in [0, 0.1) is 5.41 Å². The Labute approximate surface area is 124 Å². The maximum absolute atomic E-state index is 12.1. The highest BCUT2D eigenvalue weighted by Crippen LogP contribution is 2.40. The topological polar surface area (TPSA) is 23.6 Å². The molecule has 0 radical (unpaired) electrons. The van der Waals surface area contributed by atoms with Gasteiger partial charge in [-0.05, 0) is 44.3 Å². The second-order valence-corrected chi connectivity index (χ2v) is 7.34. The van der Waals surface area contributed by atoms with E-state index in [1.165, 1.54) is 13.0 Å². The van der Waals surface area contributed by atoms with Gasteiger partial charge in [0.2, 0.25) is 5.91 Å². The normalized spacial score (nSPS) is 22.1. The minimum atomic E-state index is 0.159. The van der Waals surface area contributed by atoms with Crippen molar-refractivity contribution < 1.29 is 4.79 Å². The average molecular weight is 290 g/mol. The molecule has 1 aromatic rings. The third-order valence-electron chi connectivity index (χ3n) is 4.50. The highest BCUT2D eigenvalue weighted by molar-refractivity contribution is 7.10. The molecule has 4 heteroatoms. The van der Waals surface area contributed by atoms with Gasteiger partial charge in [-0.25, -0.2) is 0 Å². The molecule has 2 fully saturated rings. The summed E-state index contributed by atoms with van der Waals surface area (Å²) in [7, 11) is 0. The molecule has 3 nitrogen and oxygen atoms in total. The van der Waals surface area contributed by atoms with Crippen molar-refractivity contribution >= 4 is 23.3 Å². The zero-order chi connectivity index (χ0) is 14.2. The van der Waals surface area contributed by atoms with Crippen molar-refractivity contribution in [2.24, 2.45) is 5.41 Å². The Morgan fingerprint density at radius 2 is 2.20 bits per heavy atom. The molecule has 20 heavy (non-hydrogen) atoms. The molecule has 0 bridgehead atoms. The molecule has 0 N–H and O–H groups in total. The summed E-state index contributed by atoms with van der Waals surface area (Å²) in [6, 6.07) is 4.66. The van der Waals surface area contributed by atoms with Crippen molar-refractivity contribution in [3.05, 3.63) is 28.5 Å². The van der Waals surface area contributed by atoms with Gasteiger partial charge in [-0.15, -0.1) is 11.3 Å². The smallest absolute Gasteiger partial charge is 0.246 e. The zero-order valence-corrected chi connectivity index (χ0v) is 13.0. The van der Waals surface area contributed by atoms with Gasteiger partial charge in [0.05, 0.1) is 0 Å². The van der Waals surface area contributed by atoms with E-state index in [2.05, 4.69) is 18.7 Å². The summed E-state index contributed by atoms with van der Waals surface area (Å²) in [5.74, 6) is 0.159. The average Bonchev–Trinajstić information content (AvgIpc) is 3.03. The molecule has 2 aliphatic rings. The number of carbonyl (C=O) groups is 1. The zero-order valence-electron chi connectivity index (χ0n) is 12.2. The van der Waals surface area contributed by atoms with Crippen molar-refractivity contribution in [1.29, 1.82) is 0 Å². The van der Waals surface area contributed by atoms with Crippen LogP contribution < -0.4 is 0 Å². The Hall–Kier alpha value is -1.13. The highest BCUT2D eigenvalue weighted by atomic mass is 32.1. The van der Waals surface area contributed by atoms with E-state index in [4.69, 9.17) is 0 Å². The third kappa shape index (κ3) is 2.67. The van der Waals surface area contributed by atoms with Gasteiger partial charge < -0.3 is 9.80 Å². The van der Waals surface area contributed by atoms with Gasteiger partial charge in [-0.2, -0.15) is 0 Å². The van der Waals surface area contributed by atoms with Gasteiger partial charge >= 0.3 is 0 Å². The molecule has 1 amide bonds. The van der Waals surface area contributed by atoms with Gasteiger partial charge in [0.1, 0.15) is 0 Å². The molecule has 1 aromatic heterocycles. The largest absolute Gasteiger partial charge is 0.338 e. The molecule has 0 unspecified atom stereocenters. The molecule has 3 heterocycles. The molecule has 2 aliphatic heterocycles. The molecule has 0 saturated carbocycles. The third-order valence-corrected chi connectivity index (χ3v) is 5.33. The van der Waals surface area contributed by atoms with E-state index in [-0.39, 0.29) is 5.91 Å². The predicted molar refractivity (Wildman–Crippen MR) is 83.7 cm³/mol. The lowest BCUT2D eigenvalue weighted by Gasteiger charge is -2.48. The van der Waals surface area contributed by atoms with Gasteiger partial charge in [0.25, 0.3) is 0 Å². The highest BCUT2D eigenvalue weighted by Gasteiger charge is 2.48. The number of rotatable bonds is 3. The molecule has 0 aromatic carbocycles. The van der Waals surface area contributed by atoms with E-state index < -0.39 is 0 Å². The Morgan fingerprint density at radius 3 is 2.80 bits per heavy atom. The Morgan fingerprint density at radius 1 is 1.40 bits per heavy atom. The summed E-state index contributed by atoms with van der Waals surface area (Å²) in [5, 5.41) is 2.03. The molecular formula is C16H22N2OS. The lowest BCUT2D eigenvalue weighted by atomic mass is 9.79. The van der Waals surface area contributed by atoms with Crippen LogP contribution in [0.15, 0.2) is 23.6 Å². The number of amides is 1. The predicted octanol–water partition coefficient (Wildman–Crippen LogP) is 2.70. The van der Waals surface area contributed by atoms with E-state index in [1.54, 1.807) is 17.4 Å². The fourth-order valence-corrected chi connectivity index (χ4v) is 3.85. The van der Waals surface area contributed by atoms with Crippen molar-refractivity contribution in [1.82, 2.24) is 9.80 Å². The minimum Gasteiger partial charge on any atom is -0.338 e. The van der Waals surface area contributed by atoms with Gasteiger partial charge in [-0.1, -0.05) is 6.07 Å². The Kier molecular flexibility index (Phi) is 3.69. The molecule has 0 aliphatic carbocycles. The Bertz CT molecular complexity index is 501. The number of thiophene rings is 1. The van der Waals surface area contributed by atoms with Crippen LogP contribution >= 0.6 is 11.3 Å². The fourth-order valence-electron chi connectivity index (χ4n) is 3.23. The summed E-state index contributed by atoms with van der Waals surface area (Å²) in [5.41, 5.74) is 0.386. The molecule has 0 atom stereocenters. The van der Waals surface area contributed by atoms with Crippen molar-refractivity contribution in [2.75, 3.05) is 26.2 Å². The fraction of sp³-hybridized carbons (Fsp3) is 0.562. The molecule has 2 saturated heterocycles. The number of hydrogen-bond acceptors (Lipinski definition) is 3. The minimum absolute atomic E-state index is 0.159. The molecular weight excluding hydrogens is 268 g/mol. The van der Waals surface area contributed by atoms with Crippen LogP contribution in [0.25, 0.3) is 6.08 Å². The second kappa shape index (κ2) is 5.34. The van der Waals surface area contributed by atoms with Crippen LogP contribution in [0.4, 0.5) is 0 Å². The summed E-state index contributed by atoms with van der Waals surface area (Å²) in [6.45, 7) is 8.72. The summed E-state index contributed by atoms with van der Waals surface area (Å²) in [4.78, 5) is 17.8. The van der Waals surface area contributed by atoms with Crippen LogP contribution in [0.3, 0.4) is 0 Å². The van der Waals surface area contributed by atoms with Gasteiger partial charge in [0, 0.05) is 42.0 Å². The second-order valence-electron chi connectivity index (χ2n) is 6.36. The van der Waals surface area contributed by atoms with Crippen LogP contribution in [-0.4, -0.2) is 47.9 Å². The quantitative estimate of drug-likeness (QED) is 0.799. The first kappa shape index (κ1) is 13.8. The number of nitrogens with zero attached hydrogens (tertiary/aromatic N) is 2. The van der Waals surface area contributed by atoms with E-state index in [0.717, 1.165) is 24.5 Å².